The molecular formula is C19H34N6O2S2. The van der Waals surface area contributed by atoms with Gasteiger partial charge in [0.2, 0.25) is 0 Å². The van der Waals surface area contributed by atoms with E-state index in [1.165, 1.54) is 0 Å². The molecule has 1 fully saturated rings. The number of aliphatic hydroxyl groups is 1. The molecule has 164 valence electrons. The largest absolute Gasteiger partial charge is 0.394 e. The van der Waals surface area contributed by atoms with Gasteiger partial charge in [0.1, 0.15) is 5.69 Å². The van der Waals surface area contributed by atoms with Crippen molar-refractivity contribution in [1.29, 1.82) is 0 Å². The molecule has 1 saturated carbocycles. The third-order valence-corrected chi connectivity index (χ3v) is 5.69. The van der Waals surface area contributed by atoms with Crippen molar-refractivity contribution in [2.24, 2.45) is 4.99 Å². The second-order valence-corrected chi connectivity index (χ2v) is 8.76. The molecule has 0 aliphatic heterocycles. The number of nitrogens with one attached hydrogen (secondary N) is 1. The first-order chi connectivity index (χ1) is 13.9. The summed E-state index contributed by atoms with van der Waals surface area (Å²) in [5.41, 5.74) is 14.0. The molecule has 0 amide bonds. The minimum atomic E-state index is 0.0575. The fraction of sp³-hybridized carbons (Fsp3) is 0.632. The quantitative estimate of drug-likeness (QED) is 0.186. The summed E-state index contributed by atoms with van der Waals surface area (Å²) in [6.07, 6.45) is 4.06. The van der Waals surface area contributed by atoms with Crippen molar-refractivity contribution < 1.29 is 9.84 Å². The molecule has 0 aromatic carbocycles. The normalized spacial score (nSPS) is 18.5. The van der Waals surface area contributed by atoms with Crippen LogP contribution < -0.4 is 16.8 Å². The zero-order chi connectivity index (χ0) is 21.6. The Morgan fingerprint density at radius 1 is 1.41 bits per heavy atom. The predicted octanol–water partition coefficient (Wildman–Crippen LogP) is 3.40. The number of aliphatic imine (C=N–C) groups is 1. The maximum absolute atomic E-state index is 8.81. The van der Waals surface area contributed by atoms with Crippen LogP contribution in [-0.4, -0.2) is 58.8 Å². The van der Waals surface area contributed by atoms with E-state index in [2.05, 4.69) is 33.8 Å². The van der Waals surface area contributed by atoms with E-state index < -0.39 is 0 Å². The molecule has 29 heavy (non-hydrogen) atoms. The molecule has 0 saturated heterocycles. The van der Waals surface area contributed by atoms with E-state index in [1.54, 1.807) is 36.1 Å². The maximum Gasteiger partial charge on any atom is 0.191 e. The van der Waals surface area contributed by atoms with Crippen molar-refractivity contribution in [3.05, 3.63) is 11.5 Å². The molecule has 1 aliphatic carbocycles. The smallest absolute Gasteiger partial charge is 0.191 e. The standard InChI is InChI=1S/C14H25N5O2S.C5H9NS/c1-2-7-22-14-18-12(16)11(15)13(19-14)17-9-3-4-10(8-9)21-6-5-20;1-5(2)7-4-6-3/h9-10,20H,2-8,15H2,1H3,(H3,16,17,18,19);4H,1H2,2-3H3. The highest BCUT2D eigenvalue weighted by Crippen LogP contribution is 2.30. The lowest BCUT2D eigenvalue weighted by atomic mass is 10.2. The molecule has 2 atom stereocenters. The SMILES string of the molecule is C=C(C)SC=NC.CCCSc1nc(N)c(N)c(NC2CCC(OCCO)C2)n1. The molecule has 10 heteroatoms. The number of nitrogens with two attached hydrogens (primary N) is 2. The average molecular weight is 443 g/mol. The molecule has 8 nitrogen and oxygen atoms in total. The monoisotopic (exact) mass is 442 g/mol. The van der Waals surface area contributed by atoms with Crippen LogP contribution >= 0.6 is 23.5 Å². The first-order valence-corrected chi connectivity index (χ1v) is 11.5. The van der Waals surface area contributed by atoms with Crippen molar-refractivity contribution >= 4 is 46.4 Å². The number of allylic oxidation sites excluding steroid dienone is 1. The van der Waals surface area contributed by atoms with Gasteiger partial charge in [-0.15, -0.1) is 0 Å². The zero-order valence-electron chi connectivity index (χ0n) is 17.6. The van der Waals surface area contributed by atoms with E-state index in [0.29, 0.717) is 29.1 Å². The Kier molecular flexibility index (Phi) is 12.8. The van der Waals surface area contributed by atoms with Crippen molar-refractivity contribution in [2.75, 3.05) is 42.8 Å². The average Bonchev–Trinajstić information content (AvgIpc) is 3.14. The van der Waals surface area contributed by atoms with Gasteiger partial charge in [0, 0.05) is 18.8 Å². The number of thioether (sulfide) groups is 2. The molecule has 2 rings (SSSR count). The van der Waals surface area contributed by atoms with E-state index in [9.17, 15) is 0 Å². The molecule has 1 aromatic rings. The van der Waals surface area contributed by atoms with Gasteiger partial charge in [-0.05, 0) is 37.5 Å². The highest BCUT2D eigenvalue weighted by Gasteiger charge is 2.26. The van der Waals surface area contributed by atoms with Crippen molar-refractivity contribution in [1.82, 2.24) is 9.97 Å². The highest BCUT2D eigenvalue weighted by molar-refractivity contribution is 8.15. The summed E-state index contributed by atoms with van der Waals surface area (Å²) in [5, 5.41) is 12.8. The zero-order valence-corrected chi connectivity index (χ0v) is 19.2. The number of hydrogen-bond donors (Lipinski definition) is 4. The van der Waals surface area contributed by atoms with E-state index in [1.807, 2.05) is 6.92 Å². The third-order valence-electron chi connectivity index (χ3n) is 3.92. The van der Waals surface area contributed by atoms with Crippen LogP contribution in [0.25, 0.3) is 0 Å². The first kappa shape index (κ1) is 25.5. The fourth-order valence-electron chi connectivity index (χ4n) is 2.61. The number of nitrogens with zero attached hydrogens (tertiary/aromatic N) is 3. The van der Waals surface area contributed by atoms with Crippen LogP contribution in [0.2, 0.25) is 0 Å². The second-order valence-electron chi connectivity index (χ2n) is 6.56. The Hall–Kier alpha value is -1.49. The number of nitrogen functional groups attached to an aromatic ring is 2. The summed E-state index contributed by atoms with van der Waals surface area (Å²) in [7, 11) is 1.75. The van der Waals surface area contributed by atoms with Crippen LogP contribution in [0.5, 0.6) is 0 Å². The maximum atomic E-state index is 8.81. The molecule has 1 aromatic heterocycles. The number of anilines is 3. The highest BCUT2D eigenvalue weighted by atomic mass is 32.2. The molecule has 6 N–H and O–H groups in total. The van der Waals surface area contributed by atoms with Crippen LogP contribution in [0, 0.1) is 0 Å². The van der Waals surface area contributed by atoms with E-state index in [4.69, 9.17) is 21.3 Å². The lowest BCUT2D eigenvalue weighted by Gasteiger charge is -2.17. The summed E-state index contributed by atoms with van der Waals surface area (Å²) in [6.45, 7) is 8.17. The van der Waals surface area contributed by atoms with Crippen molar-refractivity contribution in [3.8, 4) is 0 Å². The van der Waals surface area contributed by atoms with Gasteiger partial charge in [-0.3, -0.25) is 4.99 Å². The van der Waals surface area contributed by atoms with E-state index in [0.717, 1.165) is 36.3 Å². The Bertz CT molecular complexity index is 660. The van der Waals surface area contributed by atoms with E-state index in [-0.39, 0.29) is 18.8 Å². The Balaban J connectivity index is 0.000000516. The van der Waals surface area contributed by atoms with Crippen molar-refractivity contribution in [3.63, 3.8) is 0 Å². The summed E-state index contributed by atoms with van der Waals surface area (Å²) in [5.74, 6) is 1.88. The Morgan fingerprint density at radius 3 is 2.76 bits per heavy atom. The van der Waals surface area contributed by atoms with Gasteiger partial charge >= 0.3 is 0 Å². The second kappa shape index (κ2) is 14.5. The number of ether oxygens (including phenoxy) is 1. The van der Waals surface area contributed by atoms with Crippen LogP contribution in [0.4, 0.5) is 17.3 Å². The van der Waals surface area contributed by atoms with Gasteiger partial charge in [-0.1, -0.05) is 37.0 Å². The lowest BCUT2D eigenvalue weighted by Crippen LogP contribution is -2.21. The Morgan fingerprint density at radius 2 is 2.17 bits per heavy atom. The molecule has 2 unspecified atom stereocenters. The first-order valence-electron chi connectivity index (χ1n) is 9.68. The lowest BCUT2D eigenvalue weighted by molar-refractivity contribution is 0.0326. The molecule has 1 aliphatic rings. The van der Waals surface area contributed by atoms with Gasteiger partial charge < -0.3 is 26.6 Å². The minimum Gasteiger partial charge on any atom is -0.394 e. The summed E-state index contributed by atoms with van der Waals surface area (Å²) >= 11 is 3.12. The van der Waals surface area contributed by atoms with E-state index >= 15 is 0 Å². The predicted molar refractivity (Wildman–Crippen MR) is 127 cm³/mol. The summed E-state index contributed by atoms with van der Waals surface area (Å²) in [4.78, 5) is 13.5. The number of aliphatic hydroxyl groups excluding tert-OH is 1. The molecular weight excluding hydrogens is 408 g/mol. The molecule has 0 radical (unpaired) electrons. The molecule has 1 heterocycles. The van der Waals surface area contributed by atoms with Gasteiger partial charge in [-0.25, -0.2) is 9.97 Å². The van der Waals surface area contributed by atoms with Gasteiger partial charge in [0.15, 0.2) is 16.8 Å². The van der Waals surface area contributed by atoms with Gasteiger partial charge in [0.05, 0.1) is 24.9 Å². The topological polar surface area (TPSA) is 132 Å². The number of aromatic nitrogens is 2. The minimum absolute atomic E-state index is 0.0575. The van der Waals surface area contributed by atoms with Gasteiger partial charge in [-0.2, -0.15) is 0 Å². The Labute approximate surface area is 182 Å². The number of hydrogen-bond acceptors (Lipinski definition) is 10. The summed E-state index contributed by atoms with van der Waals surface area (Å²) in [6, 6.07) is 0.254. The number of rotatable bonds is 10. The third kappa shape index (κ3) is 10.2. The van der Waals surface area contributed by atoms with Crippen LogP contribution in [0.1, 0.15) is 39.5 Å². The van der Waals surface area contributed by atoms with Crippen LogP contribution in [0.3, 0.4) is 0 Å². The fourth-order valence-corrected chi connectivity index (χ4v) is 3.60. The van der Waals surface area contributed by atoms with Gasteiger partial charge in [0.25, 0.3) is 0 Å². The van der Waals surface area contributed by atoms with Crippen LogP contribution in [-0.2, 0) is 4.74 Å². The van der Waals surface area contributed by atoms with Crippen LogP contribution in [0.15, 0.2) is 21.6 Å². The van der Waals surface area contributed by atoms with Crippen molar-refractivity contribution in [2.45, 2.75) is 56.8 Å². The molecule has 0 spiro atoms. The summed E-state index contributed by atoms with van der Waals surface area (Å²) < 4.78 is 5.57. The molecule has 0 bridgehead atoms.